The van der Waals surface area contributed by atoms with E-state index < -0.39 is 0 Å². The molecule has 15 heavy (non-hydrogen) atoms. The summed E-state index contributed by atoms with van der Waals surface area (Å²) in [6.07, 6.45) is 0.997. The third-order valence-corrected chi connectivity index (χ3v) is 2.17. The molecular weight excluding hydrogens is 216 g/mol. The minimum absolute atomic E-state index is 0.203. The maximum absolute atomic E-state index is 11.0. The molecule has 0 unspecified atom stereocenters. The number of nitrogens with two attached hydrogens (primary N) is 1. The molecule has 0 aliphatic rings. The molecule has 1 heterocycles. The highest BCUT2D eigenvalue weighted by atomic mass is 32.1. The van der Waals surface area contributed by atoms with Crippen molar-refractivity contribution in [2.75, 3.05) is 12.3 Å². The van der Waals surface area contributed by atoms with Gasteiger partial charge in [0, 0.05) is 13.0 Å². The molecule has 3 N–H and O–H groups in total. The molecule has 0 bridgehead atoms. The molecule has 0 spiro atoms. The Morgan fingerprint density at radius 2 is 2.47 bits per heavy atom. The fourth-order valence-corrected chi connectivity index (χ4v) is 1.39. The quantitative estimate of drug-likeness (QED) is 0.579. The Balaban J connectivity index is 2.38. The van der Waals surface area contributed by atoms with Gasteiger partial charge in [0.2, 0.25) is 5.95 Å². The molecule has 0 aliphatic heterocycles. The van der Waals surface area contributed by atoms with Gasteiger partial charge >= 0.3 is 5.97 Å². The largest absolute Gasteiger partial charge is 0.466 e. The van der Waals surface area contributed by atoms with E-state index in [-0.39, 0.29) is 5.97 Å². The number of hydrogen-bond acceptors (Lipinski definition) is 5. The van der Waals surface area contributed by atoms with Gasteiger partial charge in [-0.3, -0.25) is 9.36 Å². The van der Waals surface area contributed by atoms with Gasteiger partial charge < -0.3 is 10.5 Å². The van der Waals surface area contributed by atoms with E-state index in [9.17, 15) is 4.79 Å². The molecule has 0 saturated carbocycles. The monoisotopic (exact) mass is 230 g/mol. The van der Waals surface area contributed by atoms with E-state index in [0.29, 0.717) is 36.7 Å². The molecule has 0 amide bonds. The number of aromatic nitrogens is 3. The second-order valence-electron chi connectivity index (χ2n) is 2.95. The minimum Gasteiger partial charge on any atom is -0.466 e. The number of hydrogen-bond donors (Lipinski definition) is 2. The summed E-state index contributed by atoms with van der Waals surface area (Å²) in [6.45, 7) is 2.76. The van der Waals surface area contributed by atoms with Gasteiger partial charge in [0.05, 0.1) is 6.61 Å². The molecule has 1 aromatic heterocycles. The van der Waals surface area contributed by atoms with Crippen molar-refractivity contribution >= 4 is 24.1 Å². The predicted octanol–water partition coefficient (Wildman–Crippen LogP) is 0.866. The number of nitrogens with zero attached hydrogens (tertiary/aromatic N) is 2. The Morgan fingerprint density at radius 1 is 1.73 bits per heavy atom. The number of rotatable bonds is 5. The van der Waals surface area contributed by atoms with Gasteiger partial charge in [-0.25, -0.2) is 5.10 Å². The summed E-state index contributed by atoms with van der Waals surface area (Å²) in [7, 11) is 0. The van der Waals surface area contributed by atoms with Gasteiger partial charge in [-0.2, -0.15) is 0 Å². The average molecular weight is 230 g/mol. The van der Waals surface area contributed by atoms with Crippen LogP contribution in [0.4, 0.5) is 5.95 Å². The highest BCUT2D eigenvalue weighted by molar-refractivity contribution is 7.71. The van der Waals surface area contributed by atoms with Crippen molar-refractivity contribution in [2.45, 2.75) is 26.3 Å². The number of nitrogens with one attached hydrogen (secondary N) is 1. The van der Waals surface area contributed by atoms with Crippen LogP contribution in [0.2, 0.25) is 0 Å². The molecule has 0 saturated heterocycles. The van der Waals surface area contributed by atoms with Gasteiger partial charge in [-0.15, -0.1) is 5.10 Å². The number of aromatic amines is 1. The summed E-state index contributed by atoms with van der Waals surface area (Å²) in [4.78, 5) is 11.0. The number of H-pyrrole nitrogens is 1. The average Bonchev–Trinajstić information content (AvgIpc) is 2.49. The molecular formula is C8H14N4O2S. The van der Waals surface area contributed by atoms with Crippen molar-refractivity contribution in [3.05, 3.63) is 4.77 Å². The lowest BCUT2D eigenvalue weighted by Gasteiger charge is -2.03. The van der Waals surface area contributed by atoms with Crippen molar-refractivity contribution in [2.24, 2.45) is 0 Å². The summed E-state index contributed by atoms with van der Waals surface area (Å²) in [5.74, 6) is 0.134. The summed E-state index contributed by atoms with van der Waals surface area (Å²) in [5.41, 5.74) is 5.55. The number of nitrogen functional groups attached to an aromatic ring is 1. The molecule has 0 radical (unpaired) electrons. The van der Waals surface area contributed by atoms with Crippen molar-refractivity contribution in [1.82, 2.24) is 14.8 Å². The normalized spacial score (nSPS) is 10.2. The number of carbonyl (C=O) groups is 1. The molecule has 6 nitrogen and oxygen atoms in total. The molecule has 7 heteroatoms. The van der Waals surface area contributed by atoms with Crippen LogP contribution in [0, 0.1) is 4.77 Å². The van der Waals surface area contributed by atoms with E-state index in [1.54, 1.807) is 11.5 Å². The van der Waals surface area contributed by atoms with Crippen molar-refractivity contribution < 1.29 is 9.53 Å². The van der Waals surface area contributed by atoms with Crippen molar-refractivity contribution in [3.63, 3.8) is 0 Å². The number of esters is 1. The Morgan fingerprint density at radius 3 is 3.00 bits per heavy atom. The lowest BCUT2D eigenvalue weighted by atomic mass is 10.3. The summed E-state index contributed by atoms with van der Waals surface area (Å²) >= 11 is 4.95. The Hall–Kier alpha value is -1.37. The van der Waals surface area contributed by atoms with Crippen LogP contribution < -0.4 is 5.73 Å². The zero-order valence-electron chi connectivity index (χ0n) is 8.52. The van der Waals surface area contributed by atoms with E-state index in [2.05, 4.69) is 10.2 Å². The molecule has 0 fully saturated rings. The van der Waals surface area contributed by atoms with Crippen molar-refractivity contribution in [3.8, 4) is 0 Å². The Labute approximate surface area is 92.4 Å². The lowest BCUT2D eigenvalue weighted by molar-refractivity contribution is -0.143. The zero-order valence-corrected chi connectivity index (χ0v) is 9.34. The number of anilines is 1. The number of carbonyl (C=O) groups excluding carboxylic acids is 1. The smallest absolute Gasteiger partial charge is 0.305 e. The third kappa shape index (κ3) is 3.35. The van der Waals surface area contributed by atoms with Crippen LogP contribution in [0.1, 0.15) is 19.8 Å². The van der Waals surface area contributed by atoms with Gasteiger partial charge in [-0.1, -0.05) is 0 Å². The van der Waals surface area contributed by atoms with Crippen LogP contribution in [0.25, 0.3) is 0 Å². The molecule has 0 aromatic carbocycles. The standard InChI is InChI=1S/C8H14N4O2S/c1-2-14-6(13)4-3-5-12-7(9)10-11-8(12)15/h2-5H2,1H3,(H2,9,10)(H,11,15). The van der Waals surface area contributed by atoms with E-state index in [0.717, 1.165) is 0 Å². The molecule has 84 valence electrons. The van der Waals surface area contributed by atoms with Crippen LogP contribution >= 0.6 is 12.2 Å². The zero-order chi connectivity index (χ0) is 11.3. The third-order valence-electron chi connectivity index (χ3n) is 1.86. The maximum atomic E-state index is 11.0. The minimum atomic E-state index is -0.203. The predicted molar refractivity (Wildman–Crippen MR) is 57.7 cm³/mol. The second-order valence-corrected chi connectivity index (χ2v) is 3.33. The van der Waals surface area contributed by atoms with Crippen LogP contribution in [-0.4, -0.2) is 27.3 Å². The first-order valence-corrected chi connectivity index (χ1v) is 5.12. The SMILES string of the molecule is CCOC(=O)CCCn1c(N)n[nH]c1=S. The Kier molecular flexibility index (Phi) is 4.29. The van der Waals surface area contributed by atoms with Gasteiger partial charge in [-0.05, 0) is 25.6 Å². The highest BCUT2D eigenvalue weighted by Gasteiger charge is 2.04. The van der Waals surface area contributed by atoms with Crippen LogP contribution in [0.15, 0.2) is 0 Å². The van der Waals surface area contributed by atoms with E-state index in [4.69, 9.17) is 22.7 Å². The first-order valence-electron chi connectivity index (χ1n) is 4.71. The highest BCUT2D eigenvalue weighted by Crippen LogP contribution is 2.03. The lowest BCUT2D eigenvalue weighted by Crippen LogP contribution is -2.08. The molecule has 0 atom stereocenters. The van der Waals surface area contributed by atoms with Crippen LogP contribution in [0.5, 0.6) is 0 Å². The van der Waals surface area contributed by atoms with E-state index >= 15 is 0 Å². The van der Waals surface area contributed by atoms with Gasteiger partial charge in [0.15, 0.2) is 4.77 Å². The molecule has 0 aliphatic carbocycles. The summed E-state index contributed by atoms with van der Waals surface area (Å²) in [6, 6.07) is 0. The Bertz CT molecular complexity index is 384. The number of ether oxygens (including phenoxy) is 1. The summed E-state index contributed by atoms with van der Waals surface area (Å²) < 4.78 is 6.91. The fraction of sp³-hybridized carbons (Fsp3) is 0.625. The van der Waals surface area contributed by atoms with Crippen LogP contribution in [-0.2, 0) is 16.1 Å². The van der Waals surface area contributed by atoms with Crippen molar-refractivity contribution in [1.29, 1.82) is 0 Å². The first-order chi connectivity index (χ1) is 7.15. The van der Waals surface area contributed by atoms with Gasteiger partial charge in [0.1, 0.15) is 0 Å². The second kappa shape index (κ2) is 5.50. The topological polar surface area (TPSA) is 85.9 Å². The van der Waals surface area contributed by atoms with Gasteiger partial charge in [0.25, 0.3) is 0 Å². The fourth-order valence-electron chi connectivity index (χ4n) is 1.16. The van der Waals surface area contributed by atoms with Crippen LogP contribution in [0.3, 0.4) is 0 Å². The maximum Gasteiger partial charge on any atom is 0.305 e. The molecule has 1 aromatic rings. The van der Waals surface area contributed by atoms with E-state index in [1.165, 1.54) is 0 Å². The first kappa shape index (κ1) is 11.7. The summed E-state index contributed by atoms with van der Waals surface area (Å²) in [5, 5.41) is 6.33. The van der Waals surface area contributed by atoms with E-state index in [1.807, 2.05) is 0 Å². The molecule has 1 rings (SSSR count).